The van der Waals surface area contributed by atoms with Crippen LogP contribution in [0.1, 0.15) is 76.5 Å². The highest BCUT2D eigenvalue weighted by molar-refractivity contribution is 5.43. The first kappa shape index (κ1) is 21.6. The van der Waals surface area contributed by atoms with Crippen molar-refractivity contribution in [1.82, 2.24) is 4.98 Å². The molecule has 1 aromatic rings. The summed E-state index contributed by atoms with van der Waals surface area (Å²) < 4.78 is 11.5. The number of aromatic hydroxyl groups is 1. The van der Waals surface area contributed by atoms with Crippen LogP contribution in [0, 0.1) is 18.8 Å². The second kappa shape index (κ2) is 10.6. The molecule has 1 aromatic heterocycles. The zero-order valence-corrected chi connectivity index (χ0v) is 17.5. The second-order valence-electron chi connectivity index (χ2n) is 8.06. The van der Waals surface area contributed by atoms with E-state index in [4.69, 9.17) is 9.47 Å². The van der Waals surface area contributed by atoms with Crippen LogP contribution in [-0.4, -0.2) is 16.7 Å². The van der Waals surface area contributed by atoms with Gasteiger partial charge in [-0.05, 0) is 44.9 Å². The van der Waals surface area contributed by atoms with Gasteiger partial charge in [0.15, 0.2) is 6.29 Å². The van der Waals surface area contributed by atoms with Gasteiger partial charge in [0.1, 0.15) is 5.75 Å². The molecule has 0 amide bonds. The molecular formula is C23H35NO3. The van der Waals surface area contributed by atoms with Crippen LogP contribution in [0.2, 0.25) is 0 Å². The van der Waals surface area contributed by atoms with Gasteiger partial charge in [0, 0.05) is 11.8 Å². The number of nitrogens with zero attached hydrogens (tertiary/aromatic N) is 1. The van der Waals surface area contributed by atoms with Gasteiger partial charge in [0.2, 0.25) is 0 Å². The molecule has 0 radical (unpaired) electrons. The van der Waals surface area contributed by atoms with Gasteiger partial charge in [-0.2, -0.15) is 0 Å². The second-order valence-corrected chi connectivity index (χ2v) is 8.06. The number of fused-ring (bicyclic) bond motifs is 1. The van der Waals surface area contributed by atoms with Gasteiger partial charge < -0.3 is 14.6 Å². The summed E-state index contributed by atoms with van der Waals surface area (Å²) in [5, 5.41) is 10.2. The number of hydrogen-bond acceptors (Lipinski definition) is 4. The molecule has 27 heavy (non-hydrogen) atoms. The minimum atomic E-state index is -0.501. The lowest BCUT2D eigenvalue weighted by Crippen LogP contribution is -2.04. The minimum absolute atomic E-state index is 0.191. The lowest BCUT2D eigenvalue weighted by molar-refractivity contribution is -0.130. The van der Waals surface area contributed by atoms with E-state index in [2.05, 4.69) is 50.9 Å². The topological polar surface area (TPSA) is 51.6 Å². The summed E-state index contributed by atoms with van der Waals surface area (Å²) in [4.78, 5) is 4.17. The van der Waals surface area contributed by atoms with Crippen LogP contribution in [0.5, 0.6) is 5.75 Å². The van der Waals surface area contributed by atoms with E-state index in [1.165, 1.54) is 24.8 Å². The molecule has 1 aliphatic rings. The van der Waals surface area contributed by atoms with Crippen LogP contribution in [0.3, 0.4) is 0 Å². The van der Waals surface area contributed by atoms with Crippen molar-refractivity contribution >= 4 is 0 Å². The fourth-order valence-corrected chi connectivity index (χ4v) is 3.22. The smallest absolute Gasteiger partial charge is 0.188 e. The summed E-state index contributed by atoms with van der Waals surface area (Å²) in [6, 6.07) is 0. The van der Waals surface area contributed by atoms with Gasteiger partial charge in [-0.1, -0.05) is 51.0 Å². The van der Waals surface area contributed by atoms with Crippen LogP contribution in [-0.2, 0) is 16.1 Å². The number of pyridine rings is 1. The molecule has 2 rings (SSSR count). The lowest BCUT2D eigenvalue weighted by Gasteiger charge is -2.13. The molecular weight excluding hydrogens is 338 g/mol. The summed E-state index contributed by atoms with van der Waals surface area (Å²) in [5.74, 6) is 1.56. The number of aryl methyl sites for hydroxylation is 1. The van der Waals surface area contributed by atoms with Gasteiger partial charge in [-0.3, -0.25) is 4.98 Å². The van der Waals surface area contributed by atoms with Gasteiger partial charge in [0.05, 0.1) is 24.5 Å². The van der Waals surface area contributed by atoms with Gasteiger partial charge in [0.25, 0.3) is 0 Å². The van der Waals surface area contributed by atoms with E-state index < -0.39 is 6.29 Å². The van der Waals surface area contributed by atoms with Crippen molar-refractivity contribution in [3.05, 3.63) is 46.8 Å². The van der Waals surface area contributed by atoms with Crippen molar-refractivity contribution in [2.75, 3.05) is 6.61 Å². The molecule has 150 valence electrons. The summed E-state index contributed by atoms with van der Waals surface area (Å²) >= 11 is 0. The molecule has 2 heterocycles. The Morgan fingerprint density at radius 1 is 1.41 bits per heavy atom. The first-order valence-corrected chi connectivity index (χ1v) is 10.1. The molecule has 0 aromatic carbocycles. The molecule has 0 fully saturated rings. The summed E-state index contributed by atoms with van der Waals surface area (Å²) in [5.41, 5.74) is 3.59. The molecule has 2 atom stereocenters. The molecule has 0 saturated carbocycles. The maximum atomic E-state index is 10.2. The van der Waals surface area contributed by atoms with E-state index in [0.29, 0.717) is 24.8 Å². The molecule has 0 aliphatic carbocycles. The number of allylic oxidation sites excluding steroid dienone is 3. The van der Waals surface area contributed by atoms with Crippen LogP contribution < -0.4 is 0 Å². The highest BCUT2D eigenvalue weighted by atomic mass is 16.7. The van der Waals surface area contributed by atoms with E-state index in [9.17, 15) is 5.11 Å². The predicted octanol–water partition coefficient (Wildman–Crippen LogP) is 6.00. The van der Waals surface area contributed by atoms with Crippen molar-refractivity contribution in [3.63, 3.8) is 0 Å². The Hall–Kier alpha value is -1.65. The standard InChI is InChI=1S/C23H35NO3/c1-16(2)8-6-9-17(3)10-7-11-18(4)12-13-26-23-21-20(15-27-23)14-24-19(5)22(21)25/h6,8,12,14,16-17,23,25H,7,9-11,13,15H2,1-5H3/b8-6+,18-12+. The van der Waals surface area contributed by atoms with E-state index >= 15 is 0 Å². The van der Waals surface area contributed by atoms with Crippen LogP contribution in [0.15, 0.2) is 30.0 Å². The number of hydrogen-bond donors (Lipinski definition) is 1. The zero-order chi connectivity index (χ0) is 19.8. The summed E-state index contributed by atoms with van der Waals surface area (Å²) in [6.45, 7) is 11.6. The first-order valence-electron chi connectivity index (χ1n) is 10.1. The third kappa shape index (κ3) is 6.78. The monoisotopic (exact) mass is 373 g/mol. The SMILES string of the molecule is C/C(=C\COC1OCc2cnc(C)c(O)c21)CCCC(C)C/C=C/C(C)C. The molecule has 0 bridgehead atoms. The molecule has 0 saturated heterocycles. The fraction of sp³-hybridized carbons (Fsp3) is 0.609. The Balaban J connectivity index is 1.71. The van der Waals surface area contributed by atoms with Crippen molar-refractivity contribution in [2.45, 2.75) is 73.2 Å². The molecule has 4 nitrogen and oxygen atoms in total. The Kier molecular flexibility index (Phi) is 8.52. The Labute approximate surface area is 164 Å². The Bertz CT molecular complexity index is 664. The van der Waals surface area contributed by atoms with Gasteiger partial charge in [-0.25, -0.2) is 0 Å². The molecule has 1 N–H and O–H groups in total. The third-order valence-corrected chi connectivity index (χ3v) is 4.99. The van der Waals surface area contributed by atoms with Crippen LogP contribution in [0.4, 0.5) is 0 Å². The summed E-state index contributed by atoms with van der Waals surface area (Å²) in [6.07, 6.45) is 12.7. The lowest BCUT2D eigenvalue weighted by atomic mass is 9.98. The highest BCUT2D eigenvalue weighted by Gasteiger charge is 2.28. The fourth-order valence-electron chi connectivity index (χ4n) is 3.22. The average molecular weight is 374 g/mol. The van der Waals surface area contributed by atoms with E-state index in [0.717, 1.165) is 23.5 Å². The Morgan fingerprint density at radius 3 is 2.93 bits per heavy atom. The van der Waals surface area contributed by atoms with Crippen LogP contribution in [0.25, 0.3) is 0 Å². The van der Waals surface area contributed by atoms with Crippen molar-refractivity contribution < 1.29 is 14.6 Å². The van der Waals surface area contributed by atoms with Gasteiger partial charge >= 0.3 is 0 Å². The molecule has 1 aliphatic heterocycles. The number of aromatic nitrogens is 1. The van der Waals surface area contributed by atoms with Crippen molar-refractivity contribution in [2.24, 2.45) is 11.8 Å². The number of rotatable bonds is 10. The van der Waals surface area contributed by atoms with Gasteiger partial charge in [-0.15, -0.1) is 0 Å². The maximum Gasteiger partial charge on any atom is 0.188 e. The van der Waals surface area contributed by atoms with Crippen molar-refractivity contribution in [3.8, 4) is 5.75 Å². The van der Waals surface area contributed by atoms with E-state index in [-0.39, 0.29) is 5.75 Å². The predicted molar refractivity (Wildman–Crippen MR) is 109 cm³/mol. The molecule has 4 heteroatoms. The quantitative estimate of drug-likeness (QED) is 0.511. The van der Waals surface area contributed by atoms with Crippen molar-refractivity contribution in [1.29, 1.82) is 0 Å². The largest absolute Gasteiger partial charge is 0.506 e. The maximum absolute atomic E-state index is 10.2. The highest BCUT2D eigenvalue weighted by Crippen LogP contribution is 2.38. The average Bonchev–Trinajstić information content (AvgIpc) is 3.01. The first-order chi connectivity index (χ1) is 12.9. The minimum Gasteiger partial charge on any atom is -0.506 e. The van der Waals surface area contributed by atoms with Crippen LogP contribution >= 0.6 is 0 Å². The summed E-state index contributed by atoms with van der Waals surface area (Å²) in [7, 11) is 0. The zero-order valence-electron chi connectivity index (χ0n) is 17.5. The molecule has 2 unspecified atom stereocenters. The Morgan fingerprint density at radius 2 is 2.19 bits per heavy atom. The van der Waals surface area contributed by atoms with E-state index in [1.54, 1.807) is 13.1 Å². The third-order valence-electron chi connectivity index (χ3n) is 4.99. The normalized spacial score (nSPS) is 18.4. The molecule has 0 spiro atoms. The van der Waals surface area contributed by atoms with E-state index in [1.807, 2.05) is 0 Å². The number of ether oxygens (including phenoxy) is 2.